The number of carbonyl (C=O) groups excluding carboxylic acids is 9. The van der Waals surface area contributed by atoms with Gasteiger partial charge in [0.25, 0.3) is 23.6 Å². The molecule has 2 unspecified atom stereocenters. The molecule has 672 valence electrons. The number of anilines is 3. The third kappa shape index (κ3) is 19.8. The molecule has 9 amide bonds. The van der Waals surface area contributed by atoms with Gasteiger partial charge in [-0.25, -0.2) is 29.9 Å². The Morgan fingerprint density at radius 2 is 0.954 bits per heavy atom. The number of nitrogens with one attached hydrogen (secondary N) is 4. The van der Waals surface area contributed by atoms with Crippen molar-refractivity contribution in [1.29, 1.82) is 0 Å². The van der Waals surface area contributed by atoms with Crippen LogP contribution in [0.15, 0.2) is 194 Å². The molecular formula is C102H108N18O11. The van der Waals surface area contributed by atoms with E-state index in [1.54, 1.807) is 42.7 Å². The van der Waals surface area contributed by atoms with E-state index in [1.165, 1.54) is 24.8 Å². The van der Waals surface area contributed by atoms with E-state index >= 15 is 0 Å². The fraction of sp³-hybridized carbons (Fsp3) is 0.333. The molecule has 2 atom stereocenters. The normalized spacial score (nSPS) is 16.5. The average Bonchev–Trinajstić information content (AvgIpc) is 1.62. The summed E-state index contributed by atoms with van der Waals surface area (Å²) in [7, 11) is 0. The Kier molecular flexibility index (Phi) is 27.6. The first kappa shape index (κ1) is 90.0. The SMILES string of the molecule is CC1(c2ccc(-n3c(-c4cccnc4N)nc4ccc(-c5cccc(CCC(=O)O)c5)nc43)cc2)CCC1.NCCCCCCCCc1cccc2c1C(=O)N(C1CCC(=O)NC1=O)C2=O.Nc1ncccc1-c1nc2ccc(-c3cccc(CCC(=O)NCCCCCCCNc4cccc5c4C(=O)N(C4CCC(=O)NC4=O)C5=O)c3)nc2n1-c1ccc(C2(N)CCC2)cc1. The number of nitrogen functional groups attached to an aromatic ring is 2. The number of carboxylic acids is 1. The number of carbonyl (C=O) groups is 10. The summed E-state index contributed by atoms with van der Waals surface area (Å²) in [5, 5.41) is 19.9. The molecule has 2 saturated heterocycles. The largest absolute Gasteiger partial charge is 0.481 e. The maximum absolute atomic E-state index is 13.3. The predicted octanol–water partition coefficient (Wildman–Crippen LogP) is 14.7. The highest BCUT2D eigenvalue weighted by molar-refractivity contribution is 6.26. The van der Waals surface area contributed by atoms with Crippen LogP contribution in [0.2, 0.25) is 0 Å². The molecule has 29 heteroatoms. The van der Waals surface area contributed by atoms with Gasteiger partial charge in [-0.05, 0) is 233 Å². The van der Waals surface area contributed by atoms with Crippen LogP contribution < -0.4 is 44.2 Å². The summed E-state index contributed by atoms with van der Waals surface area (Å²) in [5.41, 5.74) is 41.6. The second-order valence-corrected chi connectivity index (χ2v) is 35.0. The zero-order chi connectivity index (χ0) is 91.5. The number of unbranched alkanes of at least 4 members (excludes halogenated alkanes) is 9. The number of fused-ring (bicyclic) bond motifs is 4. The Labute approximate surface area is 758 Å². The van der Waals surface area contributed by atoms with Crippen molar-refractivity contribution in [1.82, 2.24) is 64.8 Å². The van der Waals surface area contributed by atoms with Crippen molar-refractivity contribution in [2.45, 2.75) is 197 Å². The monoisotopic (exact) mass is 1760 g/mol. The third-order valence-corrected chi connectivity index (χ3v) is 26.0. The molecule has 0 bridgehead atoms. The minimum absolute atomic E-state index is 0.00808. The Hall–Kier alpha value is -14.3. The van der Waals surface area contributed by atoms with Gasteiger partial charge in [0.15, 0.2) is 22.9 Å². The van der Waals surface area contributed by atoms with Gasteiger partial charge in [0.1, 0.15) is 34.8 Å². The van der Waals surface area contributed by atoms with Gasteiger partial charge >= 0.3 is 5.97 Å². The van der Waals surface area contributed by atoms with Crippen molar-refractivity contribution in [3.8, 4) is 56.7 Å². The van der Waals surface area contributed by atoms with E-state index < -0.39 is 59.4 Å². The number of carboxylic acid groups (broad SMARTS) is 1. The molecule has 0 radical (unpaired) electrons. The highest BCUT2D eigenvalue weighted by atomic mass is 16.4. The second kappa shape index (κ2) is 40.1. The Bertz CT molecular complexity index is 6370. The molecule has 18 rings (SSSR count). The molecule has 4 fully saturated rings. The Morgan fingerprint density at radius 3 is 1.46 bits per heavy atom. The number of aryl methyl sites for hydroxylation is 3. The molecule has 6 aliphatic rings. The number of benzene rings is 6. The fourth-order valence-corrected chi connectivity index (χ4v) is 18.3. The summed E-state index contributed by atoms with van der Waals surface area (Å²) in [4.78, 5) is 154. The second-order valence-electron chi connectivity index (χ2n) is 35.0. The van der Waals surface area contributed by atoms with Crippen LogP contribution >= 0.6 is 0 Å². The summed E-state index contributed by atoms with van der Waals surface area (Å²) in [6.07, 6.45) is 24.0. The van der Waals surface area contributed by atoms with E-state index in [-0.39, 0.29) is 66.0 Å². The van der Waals surface area contributed by atoms with Gasteiger partial charge in [0.2, 0.25) is 29.5 Å². The van der Waals surface area contributed by atoms with Crippen LogP contribution in [0.3, 0.4) is 0 Å². The molecule has 4 aliphatic heterocycles. The van der Waals surface area contributed by atoms with Crippen molar-refractivity contribution < 1.29 is 53.1 Å². The van der Waals surface area contributed by atoms with Gasteiger partial charge in [-0.3, -0.25) is 77.5 Å². The summed E-state index contributed by atoms with van der Waals surface area (Å²) in [5.74, 6) is -2.57. The average molecular weight is 1760 g/mol. The highest BCUT2D eigenvalue weighted by Gasteiger charge is 2.48. The fourth-order valence-electron chi connectivity index (χ4n) is 18.3. The molecule has 10 heterocycles. The Balaban J connectivity index is 0.000000160. The number of imidazole rings is 2. The molecule has 6 aromatic heterocycles. The lowest BCUT2D eigenvalue weighted by molar-refractivity contribution is -0.137. The number of pyridine rings is 4. The maximum atomic E-state index is 13.3. The highest BCUT2D eigenvalue weighted by Crippen LogP contribution is 2.45. The predicted molar refractivity (Wildman–Crippen MR) is 500 cm³/mol. The van der Waals surface area contributed by atoms with E-state index in [0.29, 0.717) is 83.7 Å². The summed E-state index contributed by atoms with van der Waals surface area (Å²) in [6.45, 7) is 4.28. The summed E-state index contributed by atoms with van der Waals surface area (Å²) in [6, 6.07) is 56.9. The van der Waals surface area contributed by atoms with Crippen molar-refractivity contribution >= 4 is 98.8 Å². The lowest BCUT2D eigenvalue weighted by Gasteiger charge is -2.39. The van der Waals surface area contributed by atoms with Crippen LogP contribution in [-0.2, 0) is 59.0 Å². The zero-order valence-electron chi connectivity index (χ0n) is 73.4. The van der Waals surface area contributed by atoms with Gasteiger partial charge in [-0.15, -0.1) is 0 Å². The van der Waals surface area contributed by atoms with Gasteiger partial charge in [-0.1, -0.05) is 137 Å². The Morgan fingerprint density at radius 1 is 0.481 bits per heavy atom. The quantitative estimate of drug-likeness (QED) is 0.0136. The number of imide groups is 4. The number of nitrogens with two attached hydrogens (primary N) is 4. The third-order valence-electron chi connectivity index (χ3n) is 26.0. The molecule has 2 aliphatic carbocycles. The molecule has 131 heavy (non-hydrogen) atoms. The van der Waals surface area contributed by atoms with Crippen LogP contribution in [0.5, 0.6) is 0 Å². The number of aliphatic carboxylic acids is 1. The number of rotatable bonds is 33. The molecule has 6 aromatic carbocycles. The molecule has 2 saturated carbocycles. The van der Waals surface area contributed by atoms with E-state index in [1.807, 2.05) is 106 Å². The van der Waals surface area contributed by atoms with E-state index in [9.17, 15) is 47.9 Å². The van der Waals surface area contributed by atoms with Crippen LogP contribution in [0.25, 0.3) is 79.0 Å². The number of nitrogens with zero attached hydrogens (tertiary/aromatic N) is 10. The van der Waals surface area contributed by atoms with Crippen molar-refractivity contribution in [2.75, 3.05) is 36.4 Å². The van der Waals surface area contributed by atoms with E-state index in [2.05, 4.69) is 92.8 Å². The smallest absolute Gasteiger partial charge is 0.303 e. The molecule has 13 N–H and O–H groups in total. The zero-order valence-corrected chi connectivity index (χ0v) is 73.4. The van der Waals surface area contributed by atoms with Gasteiger partial charge in [0, 0.05) is 84.9 Å². The molecule has 12 aromatic rings. The minimum Gasteiger partial charge on any atom is -0.481 e. The number of amides is 9. The lowest BCUT2D eigenvalue weighted by Crippen LogP contribution is -2.54. The summed E-state index contributed by atoms with van der Waals surface area (Å²) < 4.78 is 4.08. The van der Waals surface area contributed by atoms with Gasteiger partial charge in [-0.2, -0.15) is 0 Å². The van der Waals surface area contributed by atoms with Crippen LogP contribution in [-0.4, -0.2) is 145 Å². The number of hydrogen-bond donors (Lipinski definition) is 9. The van der Waals surface area contributed by atoms with Gasteiger partial charge < -0.3 is 38.7 Å². The first-order valence-corrected chi connectivity index (χ1v) is 45.5. The number of hydrogen-bond acceptors (Lipinski definition) is 21. The molecule has 0 spiro atoms. The lowest BCUT2D eigenvalue weighted by atomic mass is 9.66. The first-order chi connectivity index (χ1) is 63.5. The minimum atomic E-state index is -1.000. The molecule has 29 nitrogen and oxygen atoms in total. The number of piperidine rings is 2. The van der Waals surface area contributed by atoms with Crippen molar-refractivity contribution in [3.63, 3.8) is 0 Å². The van der Waals surface area contributed by atoms with Crippen molar-refractivity contribution in [2.24, 2.45) is 11.5 Å². The van der Waals surface area contributed by atoms with Crippen LogP contribution in [0.4, 0.5) is 17.3 Å². The maximum Gasteiger partial charge on any atom is 0.303 e. The summed E-state index contributed by atoms with van der Waals surface area (Å²) >= 11 is 0. The van der Waals surface area contributed by atoms with Crippen LogP contribution in [0.1, 0.15) is 224 Å². The van der Waals surface area contributed by atoms with E-state index in [0.717, 1.165) is 191 Å². The first-order valence-electron chi connectivity index (χ1n) is 45.5. The standard InChI is InChI=1S/C50H52N10O5.C31H29N5O2.C21H27N3O4/c51-44-36(13-8-29-55-44)45-57-39-21-20-37(56-46(39)59(45)34-18-16-33(17-19-34)50(52)25-9-26-50)32-11-6-10-31(30-32)15-23-41(61)54-28-5-3-1-2-4-27-53-38-14-7-12-35-43(38)49(65)60(48(35)64)40-22-24-42(62)58-47(40)63;1-31(16-4-17-31)22-9-11-23(12-10-22)36-29(24-7-3-18-33-28(24)32)35-26-14-13-25(34-30(26)36)21-6-2-5-20(19-21)8-15-27(37)38;22-13-6-4-2-1-3-5-8-14-9-7-10-15-18(14)21(28)24(20(15)27)16-11-12-17(25)23-19(16)26/h6-8,10-14,16-21,29-30,40,53H,1-5,9,15,22-28,52H2,(H2,51,55)(H,54,61)(H,58,62,63);2-3,5-7,9-14,18-19H,4,8,15-17H2,1H3,(H2,32,33)(H,37,38);7,9-10,16H,1-6,8,11-13,22H2,(H,23,25,26). The van der Waals surface area contributed by atoms with Crippen molar-refractivity contribution in [3.05, 3.63) is 244 Å². The molecular weight excluding hydrogens is 1650 g/mol. The van der Waals surface area contributed by atoms with Crippen LogP contribution in [0, 0.1) is 0 Å². The van der Waals surface area contributed by atoms with Gasteiger partial charge in [0.05, 0.1) is 44.8 Å². The number of aromatic nitrogens is 8. The topological polar surface area (TPSA) is 437 Å². The van der Waals surface area contributed by atoms with E-state index in [4.69, 9.17) is 48.0 Å².